The van der Waals surface area contributed by atoms with Crippen molar-refractivity contribution in [3.05, 3.63) is 87.5 Å². The molecule has 1 unspecified atom stereocenters. The predicted octanol–water partition coefficient (Wildman–Crippen LogP) is 2.82. The van der Waals surface area contributed by atoms with E-state index in [0.717, 1.165) is 34.6 Å². The molecule has 0 aliphatic carbocycles. The molecule has 4 rings (SSSR count). The number of aryl methyl sites for hydroxylation is 1. The second-order valence-electron chi connectivity index (χ2n) is 7.66. The molecular formula is C24H26N3O3+. The van der Waals surface area contributed by atoms with E-state index in [1.54, 1.807) is 19.2 Å². The molecule has 30 heavy (non-hydrogen) atoms. The van der Waals surface area contributed by atoms with E-state index in [-0.39, 0.29) is 5.63 Å². The van der Waals surface area contributed by atoms with E-state index < -0.39 is 0 Å². The Morgan fingerprint density at radius 2 is 1.83 bits per heavy atom. The van der Waals surface area contributed by atoms with Crippen LogP contribution < -0.4 is 15.3 Å². The number of para-hydroxylation sites is 1. The van der Waals surface area contributed by atoms with Crippen LogP contribution in [0, 0.1) is 13.8 Å². The third-order valence-corrected chi connectivity index (χ3v) is 5.45. The number of hydrogen-bond acceptors (Lipinski definition) is 4. The Hall–Kier alpha value is -3.38. The van der Waals surface area contributed by atoms with Crippen LogP contribution in [0.1, 0.15) is 22.5 Å². The van der Waals surface area contributed by atoms with Crippen molar-refractivity contribution in [2.24, 2.45) is 0 Å². The van der Waals surface area contributed by atoms with E-state index in [1.807, 2.05) is 41.9 Å². The summed E-state index contributed by atoms with van der Waals surface area (Å²) >= 11 is 0. The molecule has 0 bridgehead atoms. The van der Waals surface area contributed by atoms with Crippen molar-refractivity contribution in [1.82, 2.24) is 9.78 Å². The molecule has 1 atom stereocenters. The first kappa shape index (κ1) is 19.9. The average Bonchev–Trinajstić information content (AvgIpc) is 3.02. The lowest BCUT2D eigenvalue weighted by Crippen LogP contribution is -3.06. The van der Waals surface area contributed by atoms with Gasteiger partial charge in [-0.1, -0.05) is 18.2 Å². The van der Waals surface area contributed by atoms with E-state index in [0.29, 0.717) is 17.9 Å². The van der Waals surface area contributed by atoms with Crippen LogP contribution in [0.5, 0.6) is 5.75 Å². The molecule has 2 aromatic heterocycles. The highest BCUT2D eigenvalue weighted by atomic mass is 16.5. The van der Waals surface area contributed by atoms with Crippen molar-refractivity contribution >= 4 is 11.0 Å². The van der Waals surface area contributed by atoms with E-state index in [1.165, 1.54) is 10.5 Å². The molecule has 0 saturated carbocycles. The number of hydrogen-bond donors (Lipinski definition) is 1. The summed E-state index contributed by atoms with van der Waals surface area (Å²) in [6.45, 7) is 5.66. The van der Waals surface area contributed by atoms with E-state index in [2.05, 4.69) is 26.1 Å². The molecular weight excluding hydrogens is 378 g/mol. The molecule has 1 N–H and O–H groups in total. The number of fused-ring (bicyclic) bond motifs is 1. The number of benzene rings is 2. The monoisotopic (exact) mass is 404 g/mol. The van der Waals surface area contributed by atoms with Gasteiger partial charge in [-0.05, 0) is 38.1 Å². The quantitative estimate of drug-likeness (QED) is 0.502. The summed E-state index contributed by atoms with van der Waals surface area (Å²) < 4.78 is 12.6. The number of aromatic nitrogens is 2. The van der Waals surface area contributed by atoms with Crippen LogP contribution >= 0.6 is 0 Å². The highest BCUT2D eigenvalue weighted by Crippen LogP contribution is 2.22. The van der Waals surface area contributed by atoms with Gasteiger partial charge in [-0.15, -0.1) is 0 Å². The maximum atomic E-state index is 12.1. The first-order valence-electron chi connectivity index (χ1n) is 9.99. The fraction of sp³-hybridized carbons (Fsp3) is 0.250. The molecule has 0 aliphatic heterocycles. The molecule has 6 heteroatoms. The number of quaternary nitrogens is 1. The van der Waals surface area contributed by atoms with E-state index in [4.69, 9.17) is 14.3 Å². The highest BCUT2D eigenvalue weighted by molar-refractivity contribution is 5.81. The number of nitrogens with zero attached hydrogens (tertiary/aromatic N) is 2. The normalized spacial score (nSPS) is 12.3. The summed E-state index contributed by atoms with van der Waals surface area (Å²) in [5.74, 6) is 0.670. The highest BCUT2D eigenvalue weighted by Gasteiger charge is 2.18. The average molecular weight is 404 g/mol. The largest absolute Gasteiger partial charge is 0.497 e. The van der Waals surface area contributed by atoms with Crippen molar-refractivity contribution in [2.75, 3.05) is 14.2 Å². The predicted molar refractivity (Wildman–Crippen MR) is 116 cm³/mol. The summed E-state index contributed by atoms with van der Waals surface area (Å²) in [5.41, 5.74) is 5.62. The Kier molecular flexibility index (Phi) is 5.42. The molecule has 154 valence electrons. The third kappa shape index (κ3) is 3.86. The summed E-state index contributed by atoms with van der Waals surface area (Å²) in [4.78, 5) is 13.3. The zero-order chi connectivity index (χ0) is 21.3. The van der Waals surface area contributed by atoms with Crippen LogP contribution in [0.2, 0.25) is 0 Å². The standard InChI is InChI=1S/C24H25N3O3/c1-16-22(17(2)27(25-16)19-8-6-5-7-9-19)15-26(3)14-18-12-24(28)30-23-13-20(29-4)10-11-21(18)23/h5-13H,14-15H2,1-4H3/p+1. The third-order valence-electron chi connectivity index (χ3n) is 5.45. The minimum atomic E-state index is -0.345. The van der Waals surface area contributed by atoms with Gasteiger partial charge in [-0.25, -0.2) is 9.48 Å². The zero-order valence-corrected chi connectivity index (χ0v) is 17.7. The van der Waals surface area contributed by atoms with Gasteiger partial charge in [0.2, 0.25) is 0 Å². The van der Waals surface area contributed by atoms with Crippen LogP contribution in [0.25, 0.3) is 16.7 Å². The van der Waals surface area contributed by atoms with Crippen LogP contribution in [-0.2, 0) is 13.1 Å². The van der Waals surface area contributed by atoms with Crippen LogP contribution in [0.3, 0.4) is 0 Å². The summed E-state index contributed by atoms with van der Waals surface area (Å²) in [6.07, 6.45) is 0. The molecule has 0 spiro atoms. The first-order chi connectivity index (χ1) is 14.5. The fourth-order valence-corrected chi connectivity index (χ4v) is 3.92. The number of rotatable bonds is 6. The smallest absolute Gasteiger partial charge is 0.336 e. The van der Waals surface area contributed by atoms with Gasteiger partial charge < -0.3 is 14.1 Å². The molecule has 0 amide bonds. The minimum Gasteiger partial charge on any atom is -0.497 e. The van der Waals surface area contributed by atoms with Gasteiger partial charge in [-0.2, -0.15) is 5.10 Å². The number of nitrogens with one attached hydrogen (secondary N) is 1. The maximum absolute atomic E-state index is 12.1. The van der Waals surface area contributed by atoms with Gasteiger partial charge in [0.25, 0.3) is 0 Å². The Morgan fingerprint density at radius 3 is 2.57 bits per heavy atom. The SMILES string of the molecule is COc1ccc2c(C[NH+](C)Cc3c(C)nn(-c4ccccc4)c3C)cc(=O)oc2c1. The van der Waals surface area contributed by atoms with Crippen molar-refractivity contribution in [3.8, 4) is 11.4 Å². The lowest BCUT2D eigenvalue weighted by molar-refractivity contribution is -0.907. The van der Waals surface area contributed by atoms with Crippen molar-refractivity contribution in [1.29, 1.82) is 0 Å². The number of methoxy groups -OCH3 is 1. The van der Waals surface area contributed by atoms with Crippen LogP contribution in [0.15, 0.2) is 63.8 Å². The Balaban J connectivity index is 1.61. The van der Waals surface area contributed by atoms with E-state index >= 15 is 0 Å². The van der Waals surface area contributed by atoms with Crippen molar-refractivity contribution in [2.45, 2.75) is 26.9 Å². The molecule has 2 aromatic carbocycles. The summed E-state index contributed by atoms with van der Waals surface area (Å²) in [5, 5.41) is 5.68. The zero-order valence-electron chi connectivity index (χ0n) is 17.7. The molecule has 0 fully saturated rings. The van der Waals surface area contributed by atoms with Gasteiger partial charge in [0, 0.05) is 23.1 Å². The van der Waals surface area contributed by atoms with Crippen LogP contribution in [-0.4, -0.2) is 23.9 Å². The van der Waals surface area contributed by atoms with E-state index in [9.17, 15) is 4.79 Å². The molecule has 0 aliphatic rings. The summed E-state index contributed by atoms with van der Waals surface area (Å²) in [7, 11) is 3.73. The van der Waals surface area contributed by atoms with Gasteiger partial charge in [0.15, 0.2) is 0 Å². The molecule has 0 saturated heterocycles. The molecule has 6 nitrogen and oxygen atoms in total. The van der Waals surface area contributed by atoms with Gasteiger partial charge in [0.1, 0.15) is 24.4 Å². The maximum Gasteiger partial charge on any atom is 0.336 e. The van der Waals surface area contributed by atoms with Gasteiger partial charge in [-0.3, -0.25) is 0 Å². The Labute approximate surface area is 175 Å². The van der Waals surface area contributed by atoms with Gasteiger partial charge >= 0.3 is 5.63 Å². The second-order valence-corrected chi connectivity index (χ2v) is 7.66. The van der Waals surface area contributed by atoms with Crippen molar-refractivity contribution in [3.63, 3.8) is 0 Å². The molecule has 0 radical (unpaired) electrons. The topological polar surface area (TPSA) is 61.7 Å². The Bertz CT molecular complexity index is 1240. The fourth-order valence-electron chi connectivity index (χ4n) is 3.92. The first-order valence-corrected chi connectivity index (χ1v) is 9.99. The van der Waals surface area contributed by atoms with Crippen LogP contribution in [0.4, 0.5) is 0 Å². The summed E-state index contributed by atoms with van der Waals surface area (Å²) in [6, 6.07) is 17.3. The van der Waals surface area contributed by atoms with Crippen molar-refractivity contribution < 1.29 is 14.1 Å². The number of ether oxygens (including phenoxy) is 1. The van der Waals surface area contributed by atoms with Gasteiger partial charge in [0.05, 0.1) is 36.8 Å². The minimum absolute atomic E-state index is 0.345. The second kappa shape index (κ2) is 8.16. The Morgan fingerprint density at radius 1 is 1.07 bits per heavy atom. The molecule has 4 aromatic rings. The lowest BCUT2D eigenvalue weighted by atomic mass is 10.1. The molecule has 2 heterocycles. The lowest BCUT2D eigenvalue weighted by Gasteiger charge is -2.15.